The highest BCUT2D eigenvalue weighted by Crippen LogP contribution is 2.32. The number of hydrogen-bond donors (Lipinski definition) is 2. The van der Waals surface area contributed by atoms with E-state index in [9.17, 15) is 9.90 Å². The molecule has 6 nitrogen and oxygen atoms in total. The van der Waals surface area contributed by atoms with Crippen molar-refractivity contribution in [1.29, 1.82) is 0 Å². The Kier molecular flexibility index (Phi) is 5.36. The van der Waals surface area contributed by atoms with Crippen LogP contribution in [-0.4, -0.2) is 42.3 Å². The van der Waals surface area contributed by atoms with Crippen LogP contribution in [0.2, 0.25) is 0 Å². The molecule has 0 saturated heterocycles. The zero-order valence-corrected chi connectivity index (χ0v) is 11.7. The van der Waals surface area contributed by atoms with Gasteiger partial charge in [-0.1, -0.05) is 13.8 Å². The van der Waals surface area contributed by atoms with Gasteiger partial charge in [-0.05, 0) is 5.92 Å². The second kappa shape index (κ2) is 6.55. The van der Waals surface area contributed by atoms with E-state index in [0.717, 1.165) is 11.5 Å². The Hall–Kier alpha value is -1.34. The van der Waals surface area contributed by atoms with Crippen LogP contribution < -0.4 is 14.8 Å². The Morgan fingerprint density at radius 3 is 2.56 bits per heavy atom. The molecule has 1 rings (SSSR count). The molecule has 0 aliphatic rings. The number of hydrogen-bond acceptors (Lipinski definition) is 6. The molecule has 7 heteroatoms. The van der Waals surface area contributed by atoms with Crippen LogP contribution in [-0.2, 0) is 0 Å². The van der Waals surface area contributed by atoms with Crippen molar-refractivity contribution in [3.8, 4) is 10.9 Å². The van der Waals surface area contributed by atoms with E-state index in [1.54, 1.807) is 0 Å². The molecule has 18 heavy (non-hydrogen) atoms. The maximum absolute atomic E-state index is 12.1. The van der Waals surface area contributed by atoms with Gasteiger partial charge in [0.1, 0.15) is 0 Å². The van der Waals surface area contributed by atoms with Gasteiger partial charge >= 0.3 is 0 Å². The molecule has 1 amide bonds. The first-order valence-corrected chi connectivity index (χ1v) is 6.31. The number of nitrogens with zero attached hydrogens (tertiary/aromatic N) is 1. The van der Waals surface area contributed by atoms with Crippen LogP contribution in [0.5, 0.6) is 10.9 Å². The molecule has 1 heterocycles. The van der Waals surface area contributed by atoms with Crippen molar-refractivity contribution in [1.82, 2.24) is 9.69 Å². The topological polar surface area (TPSA) is 80.7 Å². The molecule has 1 aromatic heterocycles. The van der Waals surface area contributed by atoms with E-state index in [-0.39, 0.29) is 35.9 Å². The SMILES string of the molecule is COc1nsc(OC)c1C(=O)N[C@H](CO)C(C)C. The monoisotopic (exact) mass is 274 g/mol. The minimum Gasteiger partial charge on any atom is -0.485 e. The Morgan fingerprint density at radius 2 is 2.11 bits per heavy atom. The molecule has 2 N–H and O–H groups in total. The highest BCUT2D eigenvalue weighted by atomic mass is 32.1. The molecule has 0 bridgehead atoms. The third-order valence-electron chi connectivity index (χ3n) is 2.55. The minimum atomic E-state index is -0.356. The third kappa shape index (κ3) is 3.11. The van der Waals surface area contributed by atoms with Crippen molar-refractivity contribution >= 4 is 17.4 Å². The lowest BCUT2D eigenvalue weighted by Gasteiger charge is -2.19. The van der Waals surface area contributed by atoms with Gasteiger partial charge < -0.3 is 19.9 Å². The summed E-state index contributed by atoms with van der Waals surface area (Å²) in [6.07, 6.45) is 0. The summed E-state index contributed by atoms with van der Waals surface area (Å²) in [5, 5.41) is 12.3. The maximum atomic E-state index is 12.1. The fourth-order valence-corrected chi connectivity index (χ4v) is 2.07. The van der Waals surface area contributed by atoms with Gasteiger partial charge in [0.2, 0.25) is 10.9 Å². The summed E-state index contributed by atoms with van der Waals surface area (Å²) in [4.78, 5) is 12.1. The second-order valence-electron chi connectivity index (χ2n) is 4.06. The van der Waals surface area contributed by atoms with Gasteiger partial charge in [-0.3, -0.25) is 4.79 Å². The number of methoxy groups -OCH3 is 2. The number of carbonyl (C=O) groups is 1. The number of ether oxygens (including phenoxy) is 2. The second-order valence-corrected chi connectivity index (χ2v) is 4.80. The van der Waals surface area contributed by atoms with Crippen molar-refractivity contribution in [2.75, 3.05) is 20.8 Å². The zero-order chi connectivity index (χ0) is 13.7. The molecule has 0 spiro atoms. The molecule has 0 aliphatic carbocycles. The van der Waals surface area contributed by atoms with Crippen molar-refractivity contribution < 1.29 is 19.4 Å². The largest absolute Gasteiger partial charge is 0.485 e. The average molecular weight is 274 g/mol. The maximum Gasteiger partial charge on any atom is 0.261 e. The number of rotatable bonds is 6. The normalized spacial score (nSPS) is 12.3. The lowest BCUT2D eigenvalue weighted by molar-refractivity contribution is 0.0891. The van der Waals surface area contributed by atoms with Crippen LogP contribution >= 0.6 is 11.5 Å². The summed E-state index contributed by atoms with van der Waals surface area (Å²) < 4.78 is 14.1. The van der Waals surface area contributed by atoms with Crippen molar-refractivity contribution in [2.24, 2.45) is 5.92 Å². The zero-order valence-electron chi connectivity index (χ0n) is 10.9. The highest BCUT2D eigenvalue weighted by molar-refractivity contribution is 7.08. The molecular weight excluding hydrogens is 256 g/mol. The fraction of sp³-hybridized carbons (Fsp3) is 0.636. The van der Waals surface area contributed by atoms with E-state index in [2.05, 4.69) is 9.69 Å². The summed E-state index contributed by atoms with van der Waals surface area (Å²) in [6.45, 7) is 3.72. The van der Waals surface area contributed by atoms with Crippen LogP contribution in [0.25, 0.3) is 0 Å². The summed E-state index contributed by atoms with van der Waals surface area (Å²) in [6, 6.07) is -0.313. The molecule has 1 atom stereocenters. The Balaban J connectivity index is 2.92. The number of aliphatic hydroxyl groups is 1. The molecule has 0 unspecified atom stereocenters. The Morgan fingerprint density at radius 1 is 1.44 bits per heavy atom. The summed E-state index contributed by atoms with van der Waals surface area (Å²) in [5.74, 6) is 0.00234. The molecule has 0 radical (unpaired) electrons. The Labute approximate surface area is 110 Å². The standard InChI is InChI=1S/C11H18N2O4S/c1-6(2)7(5-14)12-9(15)8-10(16-3)13-18-11(8)17-4/h6-7,14H,5H2,1-4H3,(H,12,15)/t7-/m1/s1. The van der Waals surface area contributed by atoms with Crippen LogP contribution in [0.1, 0.15) is 24.2 Å². The van der Waals surface area contributed by atoms with Gasteiger partial charge in [-0.2, -0.15) is 4.37 Å². The van der Waals surface area contributed by atoms with Gasteiger partial charge in [0.15, 0.2) is 5.56 Å². The first-order valence-electron chi connectivity index (χ1n) is 5.54. The Bertz CT molecular complexity index is 384. The number of amides is 1. The molecule has 0 aliphatic heterocycles. The predicted octanol–water partition coefficient (Wildman–Crippen LogP) is 0.907. The average Bonchev–Trinajstić information content (AvgIpc) is 2.77. The fourth-order valence-electron chi connectivity index (χ4n) is 1.39. The van der Waals surface area contributed by atoms with Crippen LogP contribution in [0.4, 0.5) is 0 Å². The van der Waals surface area contributed by atoms with Crippen molar-refractivity contribution in [3.63, 3.8) is 0 Å². The molecule has 0 aromatic carbocycles. The summed E-state index contributed by atoms with van der Waals surface area (Å²) >= 11 is 1.05. The quantitative estimate of drug-likeness (QED) is 0.806. The molecule has 0 fully saturated rings. The third-order valence-corrected chi connectivity index (χ3v) is 3.35. The van der Waals surface area contributed by atoms with Gasteiger partial charge in [0, 0.05) is 11.5 Å². The van der Waals surface area contributed by atoms with Crippen LogP contribution in [0.15, 0.2) is 0 Å². The highest BCUT2D eigenvalue weighted by Gasteiger charge is 2.25. The lowest BCUT2D eigenvalue weighted by atomic mass is 10.1. The molecule has 0 saturated carbocycles. The van der Waals surface area contributed by atoms with Crippen molar-refractivity contribution in [2.45, 2.75) is 19.9 Å². The van der Waals surface area contributed by atoms with Gasteiger partial charge in [-0.25, -0.2) is 0 Å². The van der Waals surface area contributed by atoms with Gasteiger partial charge in [0.05, 0.1) is 26.9 Å². The lowest BCUT2D eigenvalue weighted by Crippen LogP contribution is -2.41. The minimum absolute atomic E-state index is 0.119. The van der Waals surface area contributed by atoms with Gasteiger partial charge in [0.25, 0.3) is 5.91 Å². The van der Waals surface area contributed by atoms with Crippen LogP contribution in [0, 0.1) is 5.92 Å². The van der Waals surface area contributed by atoms with Gasteiger partial charge in [-0.15, -0.1) is 0 Å². The number of nitrogens with one attached hydrogen (secondary N) is 1. The number of aliphatic hydroxyl groups excluding tert-OH is 1. The van der Waals surface area contributed by atoms with Crippen molar-refractivity contribution in [3.05, 3.63) is 5.56 Å². The predicted molar refractivity (Wildman–Crippen MR) is 68.4 cm³/mol. The summed E-state index contributed by atoms with van der Waals surface area (Å²) in [7, 11) is 2.91. The molecule has 102 valence electrons. The van der Waals surface area contributed by atoms with E-state index < -0.39 is 0 Å². The van der Waals surface area contributed by atoms with E-state index in [1.165, 1.54) is 14.2 Å². The summed E-state index contributed by atoms with van der Waals surface area (Å²) in [5.41, 5.74) is 0.268. The van der Waals surface area contributed by atoms with Crippen LogP contribution in [0.3, 0.4) is 0 Å². The molecule has 1 aromatic rings. The van der Waals surface area contributed by atoms with E-state index in [4.69, 9.17) is 9.47 Å². The van der Waals surface area contributed by atoms with E-state index >= 15 is 0 Å². The van der Waals surface area contributed by atoms with E-state index in [1.807, 2.05) is 13.8 Å². The smallest absolute Gasteiger partial charge is 0.261 e. The number of carbonyl (C=O) groups excluding carboxylic acids is 1. The van der Waals surface area contributed by atoms with E-state index in [0.29, 0.717) is 5.06 Å². The molecular formula is C11H18N2O4S. The first kappa shape index (κ1) is 14.7. The number of aromatic nitrogens is 1. The first-order chi connectivity index (χ1) is 8.54.